The van der Waals surface area contributed by atoms with Crippen LogP contribution >= 0.6 is 0 Å². The van der Waals surface area contributed by atoms with E-state index in [0.29, 0.717) is 40.4 Å². The lowest BCUT2D eigenvalue weighted by atomic mass is 9.99. The van der Waals surface area contributed by atoms with E-state index in [9.17, 15) is 18.1 Å². The van der Waals surface area contributed by atoms with Crippen LogP contribution in [0.5, 0.6) is 23.0 Å². The Morgan fingerprint density at radius 3 is 2.38 bits per heavy atom. The average molecular weight is 594 g/mol. The van der Waals surface area contributed by atoms with Gasteiger partial charge in [0.1, 0.15) is 34.3 Å². The van der Waals surface area contributed by atoms with Crippen LogP contribution in [0.15, 0.2) is 58.6 Å². The Labute approximate surface area is 246 Å². The molecule has 3 aromatic rings. The van der Waals surface area contributed by atoms with E-state index in [1.807, 2.05) is 39.8 Å². The molecule has 4 rings (SSSR count). The maximum absolute atomic E-state index is 13.5. The Hall–Kier alpha value is -4.18. The number of rotatable bonds is 12. The number of ether oxygens (including phenoxy) is 3. The molecule has 0 saturated heterocycles. The van der Waals surface area contributed by atoms with E-state index in [1.165, 1.54) is 12.1 Å². The molecule has 0 unspecified atom stereocenters. The van der Waals surface area contributed by atoms with Crippen molar-refractivity contribution in [1.82, 2.24) is 0 Å². The number of fused-ring (bicyclic) bond motifs is 1. The van der Waals surface area contributed by atoms with Crippen molar-refractivity contribution in [2.45, 2.75) is 65.0 Å². The summed E-state index contributed by atoms with van der Waals surface area (Å²) >= 11 is 0. The minimum atomic E-state index is -4.31. The van der Waals surface area contributed by atoms with Crippen molar-refractivity contribution >= 4 is 22.0 Å². The van der Waals surface area contributed by atoms with Gasteiger partial charge in [-0.3, -0.25) is 4.79 Å². The summed E-state index contributed by atoms with van der Waals surface area (Å²) in [6, 6.07) is 11.3. The SMILES string of the molecule is CCCOc1ccc(C(=O)COc2c(CN=O)ccc3c2C=CC(C)(C)O3)c(OS(=O)(=O)c2c(C)cc(C)cc2C)c1. The van der Waals surface area contributed by atoms with Crippen LogP contribution in [0.1, 0.15) is 65.4 Å². The van der Waals surface area contributed by atoms with Crippen molar-refractivity contribution in [3.8, 4) is 23.0 Å². The first-order valence-corrected chi connectivity index (χ1v) is 15.0. The van der Waals surface area contributed by atoms with Gasteiger partial charge in [0.05, 0.1) is 17.7 Å². The van der Waals surface area contributed by atoms with Crippen LogP contribution in [0.4, 0.5) is 0 Å². The molecule has 1 aliphatic rings. The standard InChI is InChI=1S/C32H35NO8S/c1-7-14-38-24-9-10-25(29(17-24)41-42(36,37)31-21(3)15-20(2)16-22(31)4)27(34)19-39-30-23(18-33-35)8-11-28-26(30)12-13-32(5,6)40-28/h8-13,15-17H,7,14,18-19H2,1-6H3. The van der Waals surface area contributed by atoms with Crippen LogP contribution < -0.4 is 18.4 Å². The second-order valence-electron chi connectivity index (χ2n) is 10.8. The van der Waals surface area contributed by atoms with E-state index in [0.717, 1.165) is 12.0 Å². The van der Waals surface area contributed by atoms with Crippen LogP contribution in [-0.2, 0) is 16.7 Å². The summed E-state index contributed by atoms with van der Waals surface area (Å²) in [6.45, 7) is 10.8. The van der Waals surface area contributed by atoms with Gasteiger partial charge in [0.25, 0.3) is 0 Å². The van der Waals surface area contributed by atoms with E-state index in [1.54, 1.807) is 44.2 Å². The van der Waals surface area contributed by atoms with Crippen molar-refractivity contribution in [3.63, 3.8) is 0 Å². The minimum Gasteiger partial charge on any atom is -0.493 e. The van der Waals surface area contributed by atoms with Gasteiger partial charge in [-0.15, -0.1) is 0 Å². The summed E-state index contributed by atoms with van der Waals surface area (Å²) in [5.74, 6) is 0.472. The van der Waals surface area contributed by atoms with Crippen LogP contribution in [-0.4, -0.2) is 33.0 Å². The molecule has 222 valence electrons. The molecule has 0 radical (unpaired) electrons. The number of ketones is 1. The summed E-state index contributed by atoms with van der Waals surface area (Å²) in [4.78, 5) is 24.7. The average Bonchev–Trinajstić information content (AvgIpc) is 2.89. The number of hydrogen-bond acceptors (Lipinski definition) is 9. The van der Waals surface area contributed by atoms with Gasteiger partial charge in [0, 0.05) is 11.6 Å². The van der Waals surface area contributed by atoms with E-state index in [2.05, 4.69) is 5.18 Å². The highest BCUT2D eigenvalue weighted by Gasteiger charge is 2.28. The molecule has 42 heavy (non-hydrogen) atoms. The van der Waals surface area contributed by atoms with Gasteiger partial charge in [0.2, 0.25) is 5.78 Å². The molecular formula is C32H35NO8S. The normalized spacial score (nSPS) is 13.6. The predicted octanol–water partition coefficient (Wildman–Crippen LogP) is 6.88. The van der Waals surface area contributed by atoms with Gasteiger partial charge >= 0.3 is 10.1 Å². The van der Waals surface area contributed by atoms with Crippen LogP contribution in [0, 0.1) is 25.7 Å². The molecule has 1 aliphatic heterocycles. The molecule has 0 saturated carbocycles. The van der Waals surface area contributed by atoms with Crippen LogP contribution in [0.25, 0.3) is 6.08 Å². The molecule has 0 bridgehead atoms. The van der Waals surface area contributed by atoms with Gasteiger partial charge in [-0.05, 0) is 88.6 Å². The van der Waals surface area contributed by atoms with Crippen molar-refractivity contribution in [1.29, 1.82) is 0 Å². The molecule has 0 atom stereocenters. The zero-order valence-electron chi connectivity index (χ0n) is 24.6. The van der Waals surface area contributed by atoms with Gasteiger partial charge in [0.15, 0.2) is 12.4 Å². The number of carbonyl (C=O) groups excluding carboxylic acids is 1. The summed E-state index contributed by atoms with van der Waals surface area (Å²) < 4.78 is 50.3. The highest BCUT2D eigenvalue weighted by molar-refractivity contribution is 7.87. The largest absolute Gasteiger partial charge is 0.493 e. The smallest absolute Gasteiger partial charge is 0.339 e. The van der Waals surface area contributed by atoms with E-state index >= 15 is 0 Å². The molecule has 0 N–H and O–H groups in total. The van der Waals surface area contributed by atoms with E-state index in [-0.39, 0.29) is 28.5 Å². The first kappa shape index (κ1) is 30.8. The third kappa shape index (κ3) is 6.82. The fourth-order valence-electron chi connectivity index (χ4n) is 4.89. The first-order valence-electron chi connectivity index (χ1n) is 13.6. The zero-order valence-corrected chi connectivity index (χ0v) is 25.5. The lowest BCUT2D eigenvalue weighted by molar-refractivity contribution is 0.0917. The molecule has 0 amide bonds. The summed E-state index contributed by atoms with van der Waals surface area (Å²) in [5.41, 5.74) is 2.50. The number of carbonyl (C=O) groups is 1. The molecule has 0 spiro atoms. The molecule has 0 aliphatic carbocycles. The molecule has 0 aromatic heterocycles. The van der Waals surface area contributed by atoms with Gasteiger partial charge in [-0.2, -0.15) is 13.3 Å². The molecular weight excluding hydrogens is 558 g/mol. The summed E-state index contributed by atoms with van der Waals surface area (Å²) in [5, 5.41) is 2.99. The molecule has 10 heteroatoms. The van der Waals surface area contributed by atoms with E-state index in [4.69, 9.17) is 18.4 Å². The lowest BCUT2D eigenvalue weighted by Gasteiger charge is -2.29. The minimum absolute atomic E-state index is 0.00220. The molecule has 0 fully saturated rings. The number of nitroso groups, excluding NO2 is 1. The number of benzene rings is 3. The maximum Gasteiger partial charge on any atom is 0.339 e. The highest BCUT2D eigenvalue weighted by atomic mass is 32.2. The van der Waals surface area contributed by atoms with Gasteiger partial charge in [-0.25, -0.2) is 0 Å². The molecule has 1 heterocycles. The Morgan fingerprint density at radius 2 is 1.71 bits per heavy atom. The third-order valence-corrected chi connectivity index (χ3v) is 8.17. The Bertz CT molecular complexity index is 1630. The van der Waals surface area contributed by atoms with E-state index < -0.39 is 28.1 Å². The third-order valence-electron chi connectivity index (χ3n) is 6.62. The quantitative estimate of drug-likeness (QED) is 0.127. The number of Topliss-reactive ketones (excluding diaryl/α,β-unsaturated/α-hetero) is 1. The highest BCUT2D eigenvalue weighted by Crippen LogP contribution is 2.40. The van der Waals surface area contributed by atoms with Crippen LogP contribution in [0.2, 0.25) is 0 Å². The topological polar surface area (TPSA) is 118 Å². The summed E-state index contributed by atoms with van der Waals surface area (Å²) in [7, 11) is -4.31. The zero-order chi connectivity index (χ0) is 30.7. The first-order chi connectivity index (χ1) is 19.8. The number of aryl methyl sites for hydroxylation is 3. The van der Waals surface area contributed by atoms with Crippen molar-refractivity contribution in [2.75, 3.05) is 13.2 Å². The molecule has 9 nitrogen and oxygen atoms in total. The predicted molar refractivity (Wildman–Crippen MR) is 160 cm³/mol. The fraction of sp³-hybridized carbons (Fsp3) is 0.344. The maximum atomic E-state index is 13.5. The Morgan fingerprint density at radius 1 is 1.00 bits per heavy atom. The van der Waals surface area contributed by atoms with Gasteiger partial charge < -0.3 is 18.4 Å². The number of hydrogen-bond donors (Lipinski definition) is 0. The summed E-state index contributed by atoms with van der Waals surface area (Å²) in [6.07, 6.45) is 4.41. The van der Waals surface area contributed by atoms with Crippen molar-refractivity contribution < 1.29 is 31.6 Å². The Kier molecular flexibility index (Phi) is 9.06. The van der Waals surface area contributed by atoms with Gasteiger partial charge in [-0.1, -0.05) is 29.8 Å². The second-order valence-corrected chi connectivity index (χ2v) is 12.3. The van der Waals surface area contributed by atoms with Crippen molar-refractivity contribution in [2.24, 2.45) is 5.18 Å². The fourth-order valence-corrected chi connectivity index (χ4v) is 6.25. The monoisotopic (exact) mass is 593 g/mol. The van der Waals surface area contributed by atoms with Crippen LogP contribution in [0.3, 0.4) is 0 Å². The lowest BCUT2D eigenvalue weighted by Crippen LogP contribution is -2.27. The second kappa shape index (κ2) is 12.4. The van der Waals surface area contributed by atoms with Crippen molar-refractivity contribution in [3.05, 3.63) is 86.8 Å². The Balaban J connectivity index is 1.68. The number of nitrogens with zero attached hydrogens (tertiary/aromatic N) is 1. The molecule has 3 aromatic carbocycles.